The minimum Gasteiger partial charge on any atom is -0.444 e. The minimum absolute atomic E-state index is 0.108. The summed E-state index contributed by atoms with van der Waals surface area (Å²) in [5.74, 6) is 6.71. The number of ether oxygens (including phenoxy) is 1. The van der Waals surface area contributed by atoms with E-state index in [1.165, 1.54) is 23.1 Å². The molecule has 21 heavy (non-hydrogen) atoms. The van der Waals surface area contributed by atoms with Gasteiger partial charge >= 0.3 is 6.09 Å². The lowest BCUT2D eigenvalue weighted by molar-refractivity contribution is -0.109. The van der Waals surface area contributed by atoms with Crippen LogP contribution in [0, 0.1) is 11.8 Å². The van der Waals surface area contributed by atoms with E-state index in [4.69, 9.17) is 4.74 Å². The van der Waals surface area contributed by atoms with Gasteiger partial charge in [0.25, 0.3) is 0 Å². The largest absolute Gasteiger partial charge is 0.444 e. The second-order valence-corrected chi connectivity index (χ2v) is 7.40. The molecule has 0 aliphatic carbocycles. The molecule has 1 N–H and O–H groups in total. The number of hydrogen-bond acceptors (Lipinski definition) is 5. The number of thiophene rings is 1. The second-order valence-electron chi connectivity index (χ2n) is 5.22. The summed E-state index contributed by atoms with van der Waals surface area (Å²) in [4.78, 5) is 22.3. The summed E-state index contributed by atoms with van der Waals surface area (Å²) >= 11 is 2.67. The highest BCUT2D eigenvalue weighted by Crippen LogP contribution is 2.20. The van der Waals surface area contributed by atoms with Gasteiger partial charge in [-0.2, -0.15) is 0 Å². The van der Waals surface area contributed by atoms with Gasteiger partial charge in [0.15, 0.2) is 5.12 Å². The molecule has 0 aliphatic heterocycles. The van der Waals surface area contributed by atoms with Crippen molar-refractivity contribution in [1.82, 2.24) is 0 Å². The van der Waals surface area contributed by atoms with Crippen LogP contribution in [0.1, 0.15) is 39.7 Å². The van der Waals surface area contributed by atoms with Crippen LogP contribution in [0.15, 0.2) is 11.4 Å². The fraction of sp³-hybridized carbons (Fsp3) is 0.467. The predicted molar refractivity (Wildman–Crippen MR) is 88.8 cm³/mol. The number of rotatable bonds is 3. The molecule has 6 heteroatoms. The quantitative estimate of drug-likeness (QED) is 0.671. The Morgan fingerprint density at radius 3 is 2.76 bits per heavy atom. The van der Waals surface area contributed by atoms with Crippen molar-refractivity contribution < 1.29 is 14.3 Å². The lowest BCUT2D eigenvalue weighted by atomic mass is 10.2. The van der Waals surface area contributed by atoms with E-state index in [1.54, 1.807) is 13.0 Å². The van der Waals surface area contributed by atoms with Crippen molar-refractivity contribution in [3.8, 4) is 11.8 Å². The van der Waals surface area contributed by atoms with E-state index in [0.717, 1.165) is 5.56 Å². The fourth-order valence-corrected chi connectivity index (χ4v) is 2.49. The van der Waals surface area contributed by atoms with Gasteiger partial charge in [0.2, 0.25) is 0 Å². The average Bonchev–Trinajstić information content (AvgIpc) is 2.73. The molecule has 1 amide bonds. The summed E-state index contributed by atoms with van der Waals surface area (Å²) in [6, 6.07) is 1.81. The molecule has 0 saturated heterocycles. The fourth-order valence-electron chi connectivity index (χ4n) is 1.28. The molecule has 0 aromatic carbocycles. The lowest BCUT2D eigenvalue weighted by Gasteiger charge is -2.19. The van der Waals surface area contributed by atoms with Crippen molar-refractivity contribution in [3.05, 3.63) is 17.0 Å². The van der Waals surface area contributed by atoms with Gasteiger partial charge in [0.1, 0.15) is 5.60 Å². The van der Waals surface area contributed by atoms with Gasteiger partial charge in [0, 0.05) is 30.0 Å². The van der Waals surface area contributed by atoms with Crippen molar-refractivity contribution >= 4 is 39.3 Å². The Labute approximate surface area is 133 Å². The Morgan fingerprint density at radius 2 is 2.14 bits per heavy atom. The molecule has 1 heterocycles. The first kappa shape index (κ1) is 17.6. The average molecular weight is 325 g/mol. The first-order valence-electron chi connectivity index (χ1n) is 6.47. The summed E-state index contributed by atoms with van der Waals surface area (Å²) in [6.45, 7) is 7.00. The highest BCUT2D eigenvalue weighted by atomic mass is 32.2. The van der Waals surface area contributed by atoms with Gasteiger partial charge in [0.05, 0.1) is 5.00 Å². The van der Waals surface area contributed by atoms with Crippen LogP contribution in [0.25, 0.3) is 0 Å². The lowest BCUT2D eigenvalue weighted by Crippen LogP contribution is -2.26. The van der Waals surface area contributed by atoms with E-state index >= 15 is 0 Å². The van der Waals surface area contributed by atoms with Crippen molar-refractivity contribution in [2.45, 2.75) is 39.7 Å². The Kier molecular flexibility index (Phi) is 6.79. The Morgan fingerprint density at radius 1 is 1.43 bits per heavy atom. The molecule has 0 radical (unpaired) electrons. The molecule has 0 aliphatic rings. The van der Waals surface area contributed by atoms with Crippen LogP contribution in [0.5, 0.6) is 0 Å². The number of anilines is 1. The van der Waals surface area contributed by atoms with Crippen LogP contribution < -0.4 is 5.32 Å². The third-order valence-corrected chi connectivity index (χ3v) is 3.65. The summed E-state index contributed by atoms with van der Waals surface area (Å²) in [6.07, 6.45) is 0.191. The van der Waals surface area contributed by atoms with Crippen LogP contribution in [-0.2, 0) is 9.53 Å². The van der Waals surface area contributed by atoms with Gasteiger partial charge in [-0.15, -0.1) is 11.3 Å². The molecule has 0 bridgehead atoms. The maximum Gasteiger partial charge on any atom is 0.412 e. The van der Waals surface area contributed by atoms with E-state index in [-0.39, 0.29) is 5.12 Å². The van der Waals surface area contributed by atoms with Crippen molar-refractivity contribution in [2.75, 3.05) is 11.1 Å². The highest BCUT2D eigenvalue weighted by Gasteiger charge is 2.16. The van der Waals surface area contributed by atoms with Gasteiger partial charge < -0.3 is 4.74 Å². The Bertz CT molecular complexity index is 561. The molecule has 0 spiro atoms. The third-order valence-electron chi connectivity index (χ3n) is 1.99. The number of amides is 1. The van der Waals surface area contributed by atoms with E-state index in [2.05, 4.69) is 17.2 Å². The van der Waals surface area contributed by atoms with Gasteiger partial charge in [-0.25, -0.2) is 4.79 Å². The van der Waals surface area contributed by atoms with Crippen LogP contribution in [0.3, 0.4) is 0 Å². The molecule has 0 fully saturated rings. The number of thioether (sulfide) groups is 1. The zero-order valence-corrected chi connectivity index (χ0v) is 14.2. The summed E-state index contributed by atoms with van der Waals surface area (Å²) in [7, 11) is 0. The summed E-state index contributed by atoms with van der Waals surface area (Å²) < 4.78 is 5.17. The van der Waals surface area contributed by atoms with Crippen LogP contribution >= 0.6 is 23.1 Å². The number of hydrogen-bond donors (Lipinski definition) is 1. The first-order chi connectivity index (χ1) is 9.76. The molecule has 1 rings (SSSR count). The molecular weight excluding hydrogens is 306 g/mol. The molecular formula is C15H19NO3S2. The third kappa shape index (κ3) is 8.43. The van der Waals surface area contributed by atoms with Gasteiger partial charge in [-0.1, -0.05) is 23.6 Å². The van der Waals surface area contributed by atoms with Crippen molar-refractivity contribution in [2.24, 2.45) is 0 Å². The number of nitrogens with one attached hydrogen (secondary N) is 1. The first-order valence-corrected chi connectivity index (χ1v) is 8.33. The summed E-state index contributed by atoms with van der Waals surface area (Å²) in [5.41, 5.74) is 0.331. The normalized spacial score (nSPS) is 10.5. The predicted octanol–water partition coefficient (Wildman–Crippen LogP) is 4.12. The molecule has 0 saturated carbocycles. The van der Waals surface area contributed by atoms with Gasteiger partial charge in [-0.3, -0.25) is 10.1 Å². The van der Waals surface area contributed by atoms with Crippen LogP contribution in [0.2, 0.25) is 0 Å². The SMILES string of the molecule is CC(=O)SCCC#Cc1csc(NC(=O)OC(C)(C)C)c1. The maximum atomic E-state index is 11.6. The van der Waals surface area contributed by atoms with Crippen LogP contribution in [0.4, 0.5) is 9.80 Å². The number of carbonyl (C=O) groups is 2. The van der Waals surface area contributed by atoms with E-state index in [9.17, 15) is 9.59 Å². The zero-order chi connectivity index (χ0) is 15.9. The van der Waals surface area contributed by atoms with Gasteiger partial charge in [-0.05, 0) is 26.8 Å². The monoisotopic (exact) mass is 325 g/mol. The van der Waals surface area contributed by atoms with E-state index in [0.29, 0.717) is 17.2 Å². The maximum absolute atomic E-state index is 11.6. The molecule has 1 aromatic heterocycles. The smallest absolute Gasteiger partial charge is 0.412 e. The molecule has 4 nitrogen and oxygen atoms in total. The number of carbonyl (C=O) groups excluding carboxylic acids is 2. The molecule has 0 atom stereocenters. The molecule has 0 unspecified atom stereocenters. The van der Waals surface area contributed by atoms with Crippen molar-refractivity contribution in [1.29, 1.82) is 0 Å². The second kappa shape index (κ2) is 8.11. The highest BCUT2D eigenvalue weighted by molar-refractivity contribution is 8.13. The van der Waals surface area contributed by atoms with Crippen LogP contribution in [-0.4, -0.2) is 22.6 Å². The topological polar surface area (TPSA) is 55.4 Å². The van der Waals surface area contributed by atoms with E-state index < -0.39 is 11.7 Å². The Balaban J connectivity index is 2.45. The molecule has 114 valence electrons. The Hall–Kier alpha value is -1.45. The molecule has 1 aromatic rings. The standard InChI is InChI=1S/C15H19NO3S2/c1-11(17)20-8-6-5-7-12-9-13(21-10-12)16-14(18)19-15(2,3)4/h9-10H,6,8H2,1-4H3,(H,16,18). The van der Waals surface area contributed by atoms with Crippen molar-refractivity contribution in [3.63, 3.8) is 0 Å². The summed E-state index contributed by atoms with van der Waals surface area (Å²) in [5, 5.41) is 5.36. The minimum atomic E-state index is -0.516. The van der Waals surface area contributed by atoms with E-state index in [1.807, 2.05) is 26.2 Å². The zero-order valence-electron chi connectivity index (χ0n) is 12.6.